The van der Waals surface area contributed by atoms with Crippen LogP contribution in [0, 0.1) is 11.8 Å². The Morgan fingerprint density at radius 1 is 1.18 bits per heavy atom. The lowest BCUT2D eigenvalue weighted by atomic mass is 9.82. The molecule has 1 saturated carbocycles. The SMILES string of the molecule is CCN1CC(C2CCCCC2)NCC1C(C)C. The van der Waals surface area contributed by atoms with Gasteiger partial charge in [-0.25, -0.2) is 0 Å². The molecule has 0 aromatic heterocycles. The third-order valence-electron chi connectivity index (χ3n) is 4.88. The molecule has 1 aliphatic heterocycles. The molecule has 100 valence electrons. The summed E-state index contributed by atoms with van der Waals surface area (Å²) in [4.78, 5) is 2.71. The Morgan fingerprint density at radius 2 is 1.88 bits per heavy atom. The van der Waals surface area contributed by atoms with E-state index in [2.05, 4.69) is 31.0 Å². The predicted molar refractivity (Wildman–Crippen MR) is 74.2 cm³/mol. The first-order valence-electron chi connectivity index (χ1n) is 7.69. The highest BCUT2D eigenvalue weighted by Crippen LogP contribution is 2.29. The highest BCUT2D eigenvalue weighted by Gasteiger charge is 2.32. The van der Waals surface area contributed by atoms with Crippen LogP contribution in [-0.4, -0.2) is 36.6 Å². The molecule has 2 aliphatic rings. The highest BCUT2D eigenvalue weighted by atomic mass is 15.2. The summed E-state index contributed by atoms with van der Waals surface area (Å²) in [7, 11) is 0. The minimum absolute atomic E-state index is 0.750. The molecular formula is C15H30N2. The van der Waals surface area contributed by atoms with Crippen molar-refractivity contribution in [2.24, 2.45) is 11.8 Å². The zero-order valence-electron chi connectivity index (χ0n) is 11.9. The molecule has 2 heteroatoms. The molecule has 2 unspecified atom stereocenters. The maximum absolute atomic E-state index is 3.84. The standard InChI is InChI=1S/C15H30N2/c1-4-17-11-14(13-8-6-5-7-9-13)16-10-15(17)12(2)3/h12-16H,4-11H2,1-3H3. The maximum atomic E-state index is 3.84. The van der Waals surface area contributed by atoms with Crippen LogP contribution in [0.2, 0.25) is 0 Å². The molecule has 0 amide bonds. The van der Waals surface area contributed by atoms with Gasteiger partial charge in [-0.3, -0.25) is 4.90 Å². The van der Waals surface area contributed by atoms with E-state index in [1.54, 1.807) is 0 Å². The lowest BCUT2D eigenvalue weighted by Crippen LogP contribution is -2.60. The van der Waals surface area contributed by atoms with Gasteiger partial charge in [0.05, 0.1) is 0 Å². The van der Waals surface area contributed by atoms with E-state index in [9.17, 15) is 0 Å². The van der Waals surface area contributed by atoms with Crippen LogP contribution < -0.4 is 5.32 Å². The third-order valence-corrected chi connectivity index (χ3v) is 4.88. The van der Waals surface area contributed by atoms with Gasteiger partial charge in [-0.2, -0.15) is 0 Å². The second kappa shape index (κ2) is 6.19. The molecule has 1 N–H and O–H groups in total. The van der Waals surface area contributed by atoms with Gasteiger partial charge in [-0.15, -0.1) is 0 Å². The molecular weight excluding hydrogens is 208 g/mol. The molecule has 2 fully saturated rings. The molecule has 1 heterocycles. The van der Waals surface area contributed by atoms with Gasteiger partial charge in [0.1, 0.15) is 0 Å². The summed E-state index contributed by atoms with van der Waals surface area (Å²) in [6.45, 7) is 10.7. The molecule has 0 aromatic rings. The minimum Gasteiger partial charge on any atom is -0.311 e. The van der Waals surface area contributed by atoms with Crippen LogP contribution in [0.5, 0.6) is 0 Å². The summed E-state index contributed by atoms with van der Waals surface area (Å²) in [6.07, 6.45) is 7.31. The van der Waals surface area contributed by atoms with Gasteiger partial charge in [-0.05, 0) is 31.2 Å². The van der Waals surface area contributed by atoms with Crippen molar-refractivity contribution in [3.63, 3.8) is 0 Å². The fourth-order valence-electron chi connectivity index (χ4n) is 3.73. The average Bonchev–Trinajstić information content (AvgIpc) is 2.39. The largest absolute Gasteiger partial charge is 0.311 e. The summed E-state index contributed by atoms with van der Waals surface area (Å²) in [5.41, 5.74) is 0. The number of hydrogen-bond donors (Lipinski definition) is 1. The molecule has 0 bridgehead atoms. The molecule has 0 radical (unpaired) electrons. The molecule has 2 atom stereocenters. The summed E-state index contributed by atoms with van der Waals surface area (Å²) in [6, 6.07) is 1.52. The first kappa shape index (κ1) is 13.4. The Balaban J connectivity index is 1.90. The van der Waals surface area contributed by atoms with Crippen LogP contribution >= 0.6 is 0 Å². The summed E-state index contributed by atoms with van der Waals surface area (Å²) in [5, 5.41) is 3.84. The Hall–Kier alpha value is -0.0800. The van der Waals surface area contributed by atoms with Crippen LogP contribution in [0.3, 0.4) is 0 Å². The third kappa shape index (κ3) is 3.23. The van der Waals surface area contributed by atoms with E-state index in [4.69, 9.17) is 0 Å². The number of likely N-dealkylation sites (N-methyl/N-ethyl adjacent to an activating group) is 1. The number of nitrogens with one attached hydrogen (secondary N) is 1. The molecule has 2 rings (SSSR count). The van der Waals surface area contributed by atoms with E-state index < -0.39 is 0 Å². The van der Waals surface area contributed by atoms with Gasteiger partial charge in [0, 0.05) is 25.2 Å². The van der Waals surface area contributed by atoms with E-state index >= 15 is 0 Å². The van der Waals surface area contributed by atoms with Crippen molar-refractivity contribution in [2.45, 2.75) is 65.0 Å². The van der Waals surface area contributed by atoms with Crippen molar-refractivity contribution in [3.05, 3.63) is 0 Å². The fraction of sp³-hybridized carbons (Fsp3) is 1.00. The first-order valence-corrected chi connectivity index (χ1v) is 7.69. The zero-order valence-corrected chi connectivity index (χ0v) is 11.9. The Kier molecular flexibility index (Phi) is 4.87. The molecule has 0 aromatic carbocycles. The Morgan fingerprint density at radius 3 is 2.47 bits per heavy atom. The maximum Gasteiger partial charge on any atom is 0.0244 e. The minimum atomic E-state index is 0.750. The van der Waals surface area contributed by atoms with Crippen molar-refractivity contribution in [2.75, 3.05) is 19.6 Å². The molecule has 1 saturated heterocycles. The monoisotopic (exact) mass is 238 g/mol. The Bertz CT molecular complexity index is 221. The second-order valence-corrected chi connectivity index (χ2v) is 6.31. The van der Waals surface area contributed by atoms with E-state index in [-0.39, 0.29) is 0 Å². The lowest BCUT2D eigenvalue weighted by molar-refractivity contribution is 0.0770. The van der Waals surface area contributed by atoms with Gasteiger partial charge in [0.15, 0.2) is 0 Å². The predicted octanol–water partition coefficient (Wildman–Crippen LogP) is 2.89. The van der Waals surface area contributed by atoms with E-state index in [1.807, 2.05) is 0 Å². The van der Waals surface area contributed by atoms with E-state index in [0.717, 1.165) is 23.9 Å². The zero-order chi connectivity index (χ0) is 12.3. The van der Waals surface area contributed by atoms with Crippen LogP contribution in [0.25, 0.3) is 0 Å². The molecule has 17 heavy (non-hydrogen) atoms. The van der Waals surface area contributed by atoms with Crippen molar-refractivity contribution in [1.82, 2.24) is 10.2 Å². The van der Waals surface area contributed by atoms with Gasteiger partial charge in [0.25, 0.3) is 0 Å². The number of nitrogens with zero attached hydrogens (tertiary/aromatic N) is 1. The number of hydrogen-bond acceptors (Lipinski definition) is 2. The van der Waals surface area contributed by atoms with Crippen molar-refractivity contribution < 1.29 is 0 Å². The normalized spacial score (nSPS) is 33.2. The number of piperazine rings is 1. The summed E-state index contributed by atoms with van der Waals surface area (Å²) in [5.74, 6) is 1.72. The smallest absolute Gasteiger partial charge is 0.0244 e. The van der Waals surface area contributed by atoms with Crippen LogP contribution in [0.4, 0.5) is 0 Å². The Labute approximate surface area is 107 Å². The first-order chi connectivity index (χ1) is 8.22. The molecule has 2 nitrogen and oxygen atoms in total. The summed E-state index contributed by atoms with van der Waals surface area (Å²) < 4.78 is 0. The fourth-order valence-corrected chi connectivity index (χ4v) is 3.73. The van der Waals surface area contributed by atoms with Crippen molar-refractivity contribution >= 4 is 0 Å². The van der Waals surface area contributed by atoms with Gasteiger partial charge >= 0.3 is 0 Å². The summed E-state index contributed by atoms with van der Waals surface area (Å²) >= 11 is 0. The van der Waals surface area contributed by atoms with Crippen LogP contribution in [0.1, 0.15) is 52.9 Å². The van der Waals surface area contributed by atoms with Gasteiger partial charge < -0.3 is 5.32 Å². The van der Waals surface area contributed by atoms with Gasteiger partial charge in [0.2, 0.25) is 0 Å². The van der Waals surface area contributed by atoms with E-state index in [0.29, 0.717) is 0 Å². The lowest BCUT2D eigenvalue weighted by Gasteiger charge is -2.45. The second-order valence-electron chi connectivity index (χ2n) is 6.31. The van der Waals surface area contributed by atoms with Gasteiger partial charge in [-0.1, -0.05) is 40.0 Å². The van der Waals surface area contributed by atoms with Crippen LogP contribution in [0.15, 0.2) is 0 Å². The highest BCUT2D eigenvalue weighted by molar-refractivity contribution is 4.91. The number of rotatable bonds is 3. The van der Waals surface area contributed by atoms with Crippen molar-refractivity contribution in [3.8, 4) is 0 Å². The average molecular weight is 238 g/mol. The van der Waals surface area contributed by atoms with Crippen molar-refractivity contribution in [1.29, 1.82) is 0 Å². The molecule has 0 spiro atoms. The topological polar surface area (TPSA) is 15.3 Å². The van der Waals surface area contributed by atoms with E-state index in [1.165, 1.54) is 51.7 Å². The quantitative estimate of drug-likeness (QED) is 0.813. The van der Waals surface area contributed by atoms with Crippen LogP contribution in [-0.2, 0) is 0 Å². The molecule has 1 aliphatic carbocycles.